The second-order valence-electron chi connectivity index (χ2n) is 3.69. The first-order valence-corrected chi connectivity index (χ1v) is 4.73. The molecule has 5 heteroatoms. The molecule has 0 radical (unpaired) electrons. The average Bonchev–Trinajstić information content (AvgIpc) is 2.54. The van der Waals surface area contributed by atoms with Crippen molar-refractivity contribution in [3.8, 4) is 5.75 Å². The van der Waals surface area contributed by atoms with Crippen molar-refractivity contribution in [2.45, 2.75) is 19.4 Å². The smallest absolute Gasteiger partial charge is 0.312 e. The molecule has 1 aliphatic heterocycles. The van der Waals surface area contributed by atoms with Crippen molar-refractivity contribution in [1.82, 2.24) is 0 Å². The Morgan fingerprint density at radius 2 is 2.33 bits per heavy atom. The predicted molar refractivity (Wildman–Crippen MR) is 56.4 cm³/mol. The van der Waals surface area contributed by atoms with Crippen LogP contribution in [0, 0.1) is 10.1 Å². The number of rotatable bonds is 2. The standard InChI is InChI=1S/C10H12N2O3/c1-6-3-7-4-10(15-2)9(12(13)14)5-8(7)11-6/h4-6,11H,3H2,1-2H3/t6-/m1/s1. The summed E-state index contributed by atoms with van der Waals surface area (Å²) in [6.45, 7) is 2.04. The van der Waals surface area contributed by atoms with E-state index in [1.54, 1.807) is 6.07 Å². The van der Waals surface area contributed by atoms with Crippen LogP contribution in [0.1, 0.15) is 12.5 Å². The second-order valence-corrected chi connectivity index (χ2v) is 3.69. The molecule has 0 amide bonds. The molecule has 1 aliphatic rings. The molecule has 1 atom stereocenters. The molecule has 80 valence electrons. The van der Waals surface area contributed by atoms with Gasteiger partial charge in [-0.05, 0) is 25.0 Å². The van der Waals surface area contributed by atoms with Crippen molar-refractivity contribution < 1.29 is 9.66 Å². The van der Waals surface area contributed by atoms with E-state index < -0.39 is 4.92 Å². The predicted octanol–water partition coefficient (Wildman–Crippen LogP) is 1.96. The monoisotopic (exact) mass is 208 g/mol. The Hall–Kier alpha value is -1.78. The number of methoxy groups -OCH3 is 1. The number of nitrogens with zero attached hydrogens (tertiary/aromatic N) is 1. The maximum absolute atomic E-state index is 10.8. The molecule has 0 unspecified atom stereocenters. The van der Waals surface area contributed by atoms with Gasteiger partial charge in [0.25, 0.3) is 0 Å². The normalized spacial score (nSPS) is 18.1. The van der Waals surface area contributed by atoms with E-state index in [4.69, 9.17) is 4.74 Å². The van der Waals surface area contributed by atoms with Crippen LogP contribution in [0.3, 0.4) is 0 Å². The van der Waals surface area contributed by atoms with Gasteiger partial charge in [0.2, 0.25) is 0 Å². The molecule has 5 nitrogen and oxygen atoms in total. The van der Waals surface area contributed by atoms with Crippen LogP contribution in [-0.4, -0.2) is 18.1 Å². The summed E-state index contributed by atoms with van der Waals surface area (Å²) in [5.74, 6) is 0.328. The summed E-state index contributed by atoms with van der Waals surface area (Å²) >= 11 is 0. The van der Waals surface area contributed by atoms with Crippen LogP contribution >= 0.6 is 0 Å². The highest BCUT2D eigenvalue weighted by Gasteiger charge is 2.24. The fourth-order valence-electron chi connectivity index (χ4n) is 1.87. The van der Waals surface area contributed by atoms with E-state index in [9.17, 15) is 10.1 Å². The summed E-state index contributed by atoms with van der Waals surface area (Å²) in [4.78, 5) is 10.3. The number of ether oxygens (including phenoxy) is 1. The van der Waals surface area contributed by atoms with Gasteiger partial charge in [0.15, 0.2) is 5.75 Å². The highest BCUT2D eigenvalue weighted by molar-refractivity contribution is 5.66. The van der Waals surface area contributed by atoms with Crippen LogP contribution in [0.5, 0.6) is 5.75 Å². The lowest BCUT2D eigenvalue weighted by Crippen LogP contribution is -2.08. The molecule has 15 heavy (non-hydrogen) atoms. The first-order valence-electron chi connectivity index (χ1n) is 4.73. The summed E-state index contributed by atoms with van der Waals surface area (Å²) in [6.07, 6.45) is 0.879. The molecule has 2 rings (SSSR count). The molecule has 1 N–H and O–H groups in total. The van der Waals surface area contributed by atoms with Gasteiger partial charge in [-0.25, -0.2) is 0 Å². The van der Waals surface area contributed by atoms with Crippen molar-refractivity contribution in [2.75, 3.05) is 12.4 Å². The molecule has 1 aromatic rings. The molecule has 0 bridgehead atoms. The van der Waals surface area contributed by atoms with E-state index >= 15 is 0 Å². The van der Waals surface area contributed by atoms with E-state index in [1.165, 1.54) is 13.2 Å². The topological polar surface area (TPSA) is 64.4 Å². The zero-order chi connectivity index (χ0) is 11.0. The number of nitrogens with one attached hydrogen (secondary N) is 1. The van der Waals surface area contributed by atoms with Gasteiger partial charge in [-0.3, -0.25) is 10.1 Å². The number of benzene rings is 1. The number of anilines is 1. The minimum atomic E-state index is -0.427. The summed E-state index contributed by atoms with van der Waals surface area (Å²) in [7, 11) is 1.44. The first kappa shape index (κ1) is 9.76. The van der Waals surface area contributed by atoms with Crippen molar-refractivity contribution in [1.29, 1.82) is 0 Å². The summed E-state index contributed by atoms with van der Waals surface area (Å²) in [6, 6.07) is 3.61. The number of nitro benzene ring substituents is 1. The molecule has 1 heterocycles. The van der Waals surface area contributed by atoms with Gasteiger partial charge in [0.05, 0.1) is 12.0 Å². The summed E-state index contributed by atoms with van der Waals surface area (Å²) in [5, 5.41) is 13.9. The van der Waals surface area contributed by atoms with Crippen LogP contribution in [0.25, 0.3) is 0 Å². The highest BCUT2D eigenvalue weighted by Crippen LogP contribution is 2.36. The average molecular weight is 208 g/mol. The molecular weight excluding hydrogens is 196 g/mol. The van der Waals surface area contributed by atoms with Crippen LogP contribution in [0.15, 0.2) is 12.1 Å². The largest absolute Gasteiger partial charge is 0.490 e. The molecule has 0 aliphatic carbocycles. The molecule has 0 saturated heterocycles. The van der Waals surface area contributed by atoms with Gasteiger partial charge in [0.1, 0.15) is 0 Å². The number of hydrogen-bond acceptors (Lipinski definition) is 4. The van der Waals surface area contributed by atoms with Gasteiger partial charge in [-0.2, -0.15) is 0 Å². The van der Waals surface area contributed by atoms with Gasteiger partial charge in [0, 0.05) is 17.8 Å². The van der Waals surface area contributed by atoms with Gasteiger partial charge >= 0.3 is 5.69 Å². The zero-order valence-corrected chi connectivity index (χ0v) is 8.61. The third-order valence-corrected chi connectivity index (χ3v) is 2.53. The van der Waals surface area contributed by atoms with Crippen LogP contribution in [0.2, 0.25) is 0 Å². The quantitative estimate of drug-likeness (QED) is 0.596. The Kier molecular flexibility index (Phi) is 2.22. The molecular formula is C10H12N2O3. The Morgan fingerprint density at radius 1 is 1.60 bits per heavy atom. The lowest BCUT2D eigenvalue weighted by atomic mass is 10.1. The lowest BCUT2D eigenvalue weighted by Gasteiger charge is -2.05. The fraction of sp³-hybridized carbons (Fsp3) is 0.400. The second kappa shape index (κ2) is 3.42. The SMILES string of the molecule is COc1cc2c(cc1[N+](=O)[O-])N[C@H](C)C2. The number of fused-ring (bicyclic) bond motifs is 1. The minimum Gasteiger partial charge on any atom is -0.490 e. The third kappa shape index (κ3) is 1.60. The van der Waals surface area contributed by atoms with Crippen molar-refractivity contribution in [2.24, 2.45) is 0 Å². The maximum atomic E-state index is 10.8. The summed E-state index contributed by atoms with van der Waals surface area (Å²) in [5.41, 5.74) is 1.93. The maximum Gasteiger partial charge on any atom is 0.312 e. The Morgan fingerprint density at radius 3 is 2.93 bits per heavy atom. The Bertz CT molecular complexity index is 417. The molecule has 0 aromatic heterocycles. The van der Waals surface area contributed by atoms with Gasteiger partial charge in [-0.15, -0.1) is 0 Å². The molecule has 0 spiro atoms. The van der Waals surface area contributed by atoms with Gasteiger partial charge in [-0.1, -0.05) is 0 Å². The van der Waals surface area contributed by atoms with Crippen LogP contribution < -0.4 is 10.1 Å². The lowest BCUT2D eigenvalue weighted by molar-refractivity contribution is -0.385. The Labute approximate surface area is 87.2 Å². The van der Waals surface area contributed by atoms with Crippen molar-refractivity contribution >= 4 is 11.4 Å². The van der Waals surface area contributed by atoms with E-state index in [0.29, 0.717) is 11.8 Å². The van der Waals surface area contributed by atoms with E-state index in [2.05, 4.69) is 5.32 Å². The van der Waals surface area contributed by atoms with E-state index in [1.807, 2.05) is 6.92 Å². The summed E-state index contributed by atoms with van der Waals surface area (Å²) < 4.78 is 5.00. The zero-order valence-electron chi connectivity index (χ0n) is 8.61. The third-order valence-electron chi connectivity index (χ3n) is 2.53. The van der Waals surface area contributed by atoms with E-state index in [0.717, 1.165) is 17.7 Å². The highest BCUT2D eigenvalue weighted by atomic mass is 16.6. The number of hydrogen-bond donors (Lipinski definition) is 1. The first-order chi connectivity index (χ1) is 7.11. The van der Waals surface area contributed by atoms with E-state index in [-0.39, 0.29) is 5.69 Å². The number of nitro groups is 1. The fourth-order valence-corrected chi connectivity index (χ4v) is 1.87. The van der Waals surface area contributed by atoms with Crippen LogP contribution in [-0.2, 0) is 6.42 Å². The molecule has 0 saturated carbocycles. The van der Waals surface area contributed by atoms with Crippen molar-refractivity contribution in [3.05, 3.63) is 27.8 Å². The molecule has 1 aromatic carbocycles. The minimum absolute atomic E-state index is 0.0119. The van der Waals surface area contributed by atoms with Gasteiger partial charge < -0.3 is 10.1 Å². The van der Waals surface area contributed by atoms with Crippen LogP contribution in [0.4, 0.5) is 11.4 Å². The van der Waals surface area contributed by atoms with Crippen molar-refractivity contribution in [3.63, 3.8) is 0 Å². The Balaban J connectivity index is 2.50. The molecule has 0 fully saturated rings.